The Morgan fingerprint density at radius 1 is 1.17 bits per heavy atom. The van der Waals surface area contributed by atoms with Crippen LogP contribution >= 0.6 is 0 Å². The number of hydrogen-bond acceptors (Lipinski definition) is 6. The maximum Gasteiger partial charge on any atom is 0.327 e. The number of esters is 1. The number of nitrogens with zero attached hydrogens (tertiary/aromatic N) is 1. The fourth-order valence-electron chi connectivity index (χ4n) is 3.90. The molecule has 0 unspecified atom stereocenters. The zero-order chi connectivity index (χ0) is 21.2. The molecule has 29 heavy (non-hydrogen) atoms. The van der Waals surface area contributed by atoms with Crippen LogP contribution in [-0.2, 0) is 19.1 Å². The molecule has 2 aliphatic carbocycles. The van der Waals surface area contributed by atoms with E-state index in [4.69, 9.17) is 4.74 Å². The molecular formula is C19H28N4O6. The summed E-state index contributed by atoms with van der Waals surface area (Å²) >= 11 is 0. The van der Waals surface area contributed by atoms with Crippen LogP contribution in [0.2, 0.25) is 0 Å². The van der Waals surface area contributed by atoms with Gasteiger partial charge in [0.15, 0.2) is 6.10 Å². The van der Waals surface area contributed by atoms with Gasteiger partial charge in [-0.15, -0.1) is 0 Å². The topological polar surface area (TPSA) is 134 Å². The van der Waals surface area contributed by atoms with E-state index in [1.807, 2.05) is 0 Å². The summed E-state index contributed by atoms with van der Waals surface area (Å²) in [6.45, 7) is 2.39. The van der Waals surface area contributed by atoms with E-state index in [1.165, 1.54) is 6.92 Å². The number of ether oxygens (including phenoxy) is 1. The predicted molar refractivity (Wildman–Crippen MR) is 100 cm³/mol. The van der Waals surface area contributed by atoms with Crippen LogP contribution in [0.5, 0.6) is 0 Å². The Morgan fingerprint density at radius 2 is 1.83 bits per heavy atom. The first kappa shape index (κ1) is 21.1. The van der Waals surface area contributed by atoms with Gasteiger partial charge in [0.25, 0.3) is 11.8 Å². The normalized spacial score (nSPS) is 25.9. The van der Waals surface area contributed by atoms with Crippen molar-refractivity contribution in [1.29, 1.82) is 0 Å². The number of imide groups is 2. The summed E-state index contributed by atoms with van der Waals surface area (Å²) in [6, 6.07) is -1.24. The number of carbonyl (C=O) groups excluding carboxylic acids is 5. The van der Waals surface area contributed by atoms with Crippen molar-refractivity contribution in [2.75, 3.05) is 6.54 Å². The van der Waals surface area contributed by atoms with Crippen molar-refractivity contribution in [3.05, 3.63) is 0 Å². The Kier molecular flexibility index (Phi) is 6.09. The molecule has 2 atom stereocenters. The van der Waals surface area contributed by atoms with E-state index < -0.39 is 48.0 Å². The van der Waals surface area contributed by atoms with E-state index >= 15 is 0 Å². The maximum atomic E-state index is 12.5. The lowest BCUT2D eigenvalue weighted by Crippen LogP contribution is -2.49. The summed E-state index contributed by atoms with van der Waals surface area (Å²) in [5.41, 5.74) is -0.989. The van der Waals surface area contributed by atoms with Crippen molar-refractivity contribution in [3.8, 4) is 0 Å². The molecule has 0 aromatic carbocycles. The third kappa shape index (κ3) is 4.86. The summed E-state index contributed by atoms with van der Waals surface area (Å²) < 4.78 is 5.00. The van der Waals surface area contributed by atoms with Crippen LogP contribution in [0.4, 0.5) is 9.59 Å². The molecule has 0 radical (unpaired) electrons. The van der Waals surface area contributed by atoms with Gasteiger partial charge in [-0.3, -0.25) is 24.6 Å². The Hall–Kier alpha value is -2.65. The van der Waals surface area contributed by atoms with Crippen molar-refractivity contribution in [2.45, 2.75) is 76.5 Å². The molecule has 3 fully saturated rings. The van der Waals surface area contributed by atoms with E-state index in [0.717, 1.165) is 49.8 Å². The minimum absolute atomic E-state index is 0.0369. The van der Waals surface area contributed by atoms with Crippen LogP contribution in [0.1, 0.15) is 58.8 Å². The molecule has 0 aromatic heterocycles. The first-order valence-corrected chi connectivity index (χ1v) is 10.2. The quantitative estimate of drug-likeness (QED) is 0.440. The Balaban J connectivity index is 1.44. The molecule has 1 saturated heterocycles. The minimum Gasteiger partial charge on any atom is -0.451 e. The van der Waals surface area contributed by atoms with Crippen molar-refractivity contribution in [2.24, 2.45) is 5.92 Å². The Morgan fingerprint density at radius 3 is 2.45 bits per heavy atom. The van der Waals surface area contributed by atoms with Gasteiger partial charge in [0, 0.05) is 6.04 Å². The van der Waals surface area contributed by atoms with Crippen molar-refractivity contribution < 1.29 is 28.7 Å². The van der Waals surface area contributed by atoms with Gasteiger partial charge < -0.3 is 15.4 Å². The molecule has 6 amide bonds. The zero-order valence-electron chi connectivity index (χ0n) is 16.8. The highest BCUT2D eigenvalue weighted by Crippen LogP contribution is 2.42. The minimum atomic E-state index is -1.24. The molecule has 160 valence electrons. The average molecular weight is 408 g/mol. The summed E-state index contributed by atoms with van der Waals surface area (Å²) in [5, 5.41) is 7.53. The Bertz CT molecular complexity index is 715. The second-order valence-corrected chi connectivity index (χ2v) is 8.23. The monoisotopic (exact) mass is 408 g/mol. The number of urea groups is 2. The average Bonchev–Trinajstić information content (AvgIpc) is 3.48. The fraction of sp³-hybridized carbons (Fsp3) is 0.737. The summed E-state index contributed by atoms with van der Waals surface area (Å²) in [4.78, 5) is 61.5. The molecule has 2 saturated carbocycles. The van der Waals surface area contributed by atoms with Crippen LogP contribution in [0, 0.1) is 5.92 Å². The number of rotatable bonds is 6. The van der Waals surface area contributed by atoms with Crippen LogP contribution in [0.25, 0.3) is 0 Å². The van der Waals surface area contributed by atoms with Gasteiger partial charge in [-0.05, 0) is 45.4 Å². The summed E-state index contributed by atoms with van der Waals surface area (Å²) in [5.74, 6) is -2.06. The second-order valence-electron chi connectivity index (χ2n) is 8.23. The first-order chi connectivity index (χ1) is 13.7. The fourth-order valence-corrected chi connectivity index (χ4v) is 3.90. The highest BCUT2D eigenvalue weighted by Gasteiger charge is 2.56. The largest absolute Gasteiger partial charge is 0.451 e. The third-order valence-electron chi connectivity index (χ3n) is 5.84. The number of carbonyl (C=O) groups is 5. The highest BCUT2D eigenvalue weighted by molar-refractivity contribution is 6.09. The molecule has 0 bridgehead atoms. The number of nitrogens with one attached hydrogen (secondary N) is 3. The summed E-state index contributed by atoms with van der Waals surface area (Å²) in [7, 11) is 0. The number of hydrogen-bond donors (Lipinski definition) is 3. The second kappa shape index (κ2) is 8.38. The van der Waals surface area contributed by atoms with Crippen LogP contribution in [0.3, 0.4) is 0 Å². The van der Waals surface area contributed by atoms with Gasteiger partial charge in [0.1, 0.15) is 12.1 Å². The Labute approximate surface area is 169 Å². The van der Waals surface area contributed by atoms with Crippen molar-refractivity contribution in [1.82, 2.24) is 20.9 Å². The molecule has 0 spiro atoms. The lowest BCUT2D eigenvalue weighted by atomic mass is 9.96. The molecule has 0 aromatic rings. The molecule has 1 aliphatic heterocycles. The van der Waals surface area contributed by atoms with E-state index in [-0.39, 0.29) is 12.0 Å². The molecule has 1 heterocycles. The van der Waals surface area contributed by atoms with Crippen LogP contribution < -0.4 is 16.0 Å². The van der Waals surface area contributed by atoms with Gasteiger partial charge in [0.05, 0.1) is 0 Å². The lowest BCUT2D eigenvalue weighted by Gasteiger charge is -2.23. The third-order valence-corrected chi connectivity index (χ3v) is 5.84. The van der Waals surface area contributed by atoms with E-state index in [0.29, 0.717) is 0 Å². The molecule has 3 rings (SSSR count). The van der Waals surface area contributed by atoms with E-state index in [1.54, 1.807) is 6.92 Å². The van der Waals surface area contributed by atoms with Gasteiger partial charge in [-0.25, -0.2) is 9.59 Å². The molecule has 10 nitrogen and oxygen atoms in total. The van der Waals surface area contributed by atoms with E-state index in [2.05, 4.69) is 16.0 Å². The van der Waals surface area contributed by atoms with Gasteiger partial charge >= 0.3 is 18.0 Å². The van der Waals surface area contributed by atoms with Gasteiger partial charge in [-0.2, -0.15) is 0 Å². The highest BCUT2D eigenvalue weighted by atomic mass is 16.5. The summed E-state index contributed by atoms with van der Waals surface area (Å²) in [6.07, 6.45) is 5.42. The van der Waals surface area contributed by atoms with E-state index in [9.17, 15) is 24.0 Å². The van der Waals surface area contributed by atoms with Gasteiger partial charge in [0.2, 0.25) is 0 Å². The molecule has 3 N–H and O–H groups in total. The smallest absolute Gasteiger partial charge is 0.327 e. The molecular weight excluding hydrogens is 380 g/mol. The predicted octanol–water partition coefficient (Wildman–Crippen LogP) is 0.797. The van der Waals surface area contributed by atoms with Crippen LogP contribution in [0.15, 0.2) is 0 Å². The molecule has 10 heteroatoms. The van der Waals surface area contributed by atoms with Crippen molar-refractivity contribution in [3.63, 3.8) is 0 Å². The first-order valence-electron chi connectivity index (χ1n) is 10.2. The zero-order valence-corrected chi connectivity index (χ0v) is 16.8. The SMILES string of the molecule is C[C@H](OC(=O)CN1C(=O)N[C@](C)(C2CC2)C1=O)C(=O)NC(=O)NC1CCCCC1. The van der Waals surface area contributed by atoms with Crippen molar-refractivity contribution >= 4 is 29.8 Å². The maximum absolute atomic E-state index is 12.5. The number of amides is 6. The van der Waals surface area contributed by atoms with Gasteiger partial charge in [-0.1, -0.05) is 19.3 Å². The van der Waals surface area contributed by atoms with Crippen LogP contribution in [-0.4, -0.2) is 59.0 Å². The standard InChI is InChI=1S/C19H28N4O6/c1-11(15(25)21-17(27)20-13-6-4-3-5-7-13)29-14(24)10-23-16(26)19(2,12-8-9-12)22-18(23)28/h11-13H,3-10H2,1-2H3,(H,22,28)(H2,20,21,25,27)/t11-,19+/m0/s1. The molecule has 3 aliphatic rings. The lowest BCUT2D eigenvalue weighted by molar-refractivity contribution is -0.156.